The number of aliphatic hydroxyl groups is 1. The molecular formula is C29H28F30O7. The van der Waals surface area contributed by atoms with Gasteiger partial charge in [-0.2, -0.15) is 70.2 Å². The Labute approximate surface area is 347 Å². The first-order valence-electron chi connectivity index (χ1n) is 16.0. The molecule has 396 valence electrons. The minimum absolute atomic E-state index is 0.174. The summed E-state index contributed by atoms with van der Waals surface area (Å²) in [6, 6.07) is 0. The fourth-order valence-corrected chi connectivity index (χ4v) is 5.32. The third-order valence-corrected chi connectivity index (χ3v) is 8.91. The lowest BCUT2D eigenvalue weighted by molar-refractivity contribution is -0.553. The normalized spacial score (nSPS) is 25.8. The second-order valence-corrected chi connectivity index (χ2v) is 12.8. The highest BCUT2D eigenvalue weighted by atomic mass is 19.4. The molecule has 1 aliphatic rings. The van der Waals surface area contributed by atoms with Crippen molar-refractivity contribution in [1.29, 1.82) is 0 Å². The maximum Gasteiger partial charge on any atom is 0.453 e. The predicted octanol–water partition coefficient (Wildman–Crippen LogP) is 11.0. The SMILES string of the molecule is C=CC(=O)OCC(F)(F)OC(F)(F)C(F)(F)OC.CCC1(CF)C(F)(F)C(CF)(CF)C(F)(F)C(F)(C(F)(F)OC(F)(F)C(F)(F)OC(F)(F)CO)C(F)(F)C(F)(C(C)(F)F)C1(F)F.CF. The molecular weight excluding hydrogens is 1030 g/mol. The van der Waals surface area contributed by atoms with Gasteiger partial charge in [0.15, 0.2) is 12.0 Å². The van der Waals surface area contributed by atoms with Crippen LogP contribution in [-0.2, 0) is 28.5 Å². The van der Waals surface area contributed by atoms with E-state index in [-0.39, 0.29) is 14.0 Å². The molecule has 7 nitrogen and oxygen atoms in total. The fourth-order valence-electron chi connectivity index (χ4n) is 5.32. The van der Waals surface area contributed by atoms with Gasteiger partial charge in [-0.3, -0.25) is 8.78 Å². The van der Waals surface area contributed by atoms with Crippen LogP contribution >= 0.6 is 0 Å². The molecule has 37 heteroatoms. The zero-order chi connectivity index (χ0) is 54.1. The summed E-state index contributed by atoms with van der Waals surface area (Å²) in [7, 11) is 0.674. The Morgan fingerprint density at radius 2 is 0.909 bits per heavy atom. The number of hydrogen-bond donors (Lipinski definition) is 1. The van der Waals surface area contributed by atoms with Crippen molar-refractivity contribution in [3.63, 3.8) is 0 Å². The molecule has 0 aromatic carbocycles. The molecule has 0 heterocycles. The summed E-state index contributed by atoms with van der Waals surface area (Å²) in [5.74, 6) is -41.8. The van der Waals surface area contributed by atoms with Gasteiger partial charge in [-0.25, -0.2) is 71.7 Å². The number of hydrogen-bond acceptors (Lipinski definition) is 7. The summed E-state index contributed by atoms with van der Waals surface area (Å²) in [6.07, 6.45) is -48.7. The van der Waals surface area contributed by atoms with Crippen LogP contribution < -0.4 is 0 Å². The van der Waals surface area contributed by atoms with Gasteiger partial charge in [0.25, 0.3) is 11.8 Å². The summed E-state index contributed by atoms with van der Waals surface area (Å²) in [5, 5.41) is 8.07. The van der Waals surface area contributed by atoms with Gasteiger partial charge >= 0.3 is 77.8 Å². The van der Waals surface area contributed by atoms with E-state index in [1.807, 2.05) is 4.74 Å². The highest BCUT2D eigenvalue weighted by Gasteiger charge is 3.04. The van der Waals surface area contributed by atoms with Crippen molar-refractivity contribution in [2.75, 3.05) is 47.5 Å². The van der Waals surface area contributed by atoms with Crippen LogP contribution in [0.3, 0.4) is 0 Å². The van der Waals surface area contributed by atoms with Crippen molar-refractivity contribution >= 4 is 5.97 Å². The van der Waals surface area contributed by atoms with Crippen LogP contribution in [0.4, 0.5) is 132 Å². The molecule has 66 heavy (non-hydrogen) atoms. The Balaban J connectivity index is 0. The van der Waals surface area contributed by atoms with Crippen LogP contribution in [0.2, 0.25) is 0 Å². The molecule has 0 saturated heterocycles. The number of aliphatic hydroxyl groups excluding tert-OH is 1. The van der Waals surface area contributed by atoms with Gasteiger partial charge in [0.1, 0.15) is 32.0 Å². The Morgan fingerprint density at radius 3 is 1.23 bits per heavy atom. The molecule has 0 bridgehead atoms. The molecule has 0 amide bonds. The first-order chi connectivity index (χ1) is 28.9. The second kappa shape index (κ2) is 19.7. The van der Waals surface area contributed by atoms with Crippen molar-refractivity contribution in [2.45, 2.75) is 104 Å². The zero-order valence-electron chi connectivity index (χ0n) is 32.3. The summed E-state index contributed by atoms with van der Waals surface area (Å²) in [5.41, 5.74) is -31.0. The third kappa shape index (κ3) is 9.86. The van der Waals surface area contributed by atoms with Crippen molar-refractivity contribution in [3.05, 3.63) is 12.7 Å². The van der Waals surface area contributed by atoms with Gasteiger partial charge in [-0.05, 0) is 6.42 Å². The molecule has 0 radical (unpaired) electrons. The number of rotatable bonds is 19. The van der Waals surface area contributed by atoms with E-state index < -0.39 is 147 Å². The van der Waals surface area contributed by atoms with E-state index >= 15 is 43.9 Å². The number of ether oxygens (including phenoxy) is 5. The van der Waals surface area contributed by atoms with Crippen molar-refractivity contribution < 1.29 is 165 Å². The summed E-state index contributed by atoms with van der Waals surface area (Å²) < 4.78 is 434. The van der Waals surface area contributed by atoms with Crippen LogP contribution in [0.1, 0.15) is 20.3 Å². The average molecular weight is 1060 g/mol. The molecule has 1 rings (SSSR count). The van der Waals surface area contributed by atoms with E-state index in [9.17, 15) is 92.6 Å². The highest BCUT2D eigenvalue weighted by Crippen LogP contribution is 2.77. The number of methoxy groups -OCH3 is 1. The maximum atomic E-state index is 15.9. The van der Waals surface area contributed by atoms with Crippen LogP contribution in [0.15, 0.2) is 12.7 Å². The molecule has 3 atom stereocenters. The largest absolute Gasteiger partial charge is 0.453 e. The molecule has 1 N–H and O–H groups in total. The van der Waals surface area contributed by atoms with E-state index in [1.54, 1.807) is 0 Å². The van der Waals surface area contributed by atoms with E-state index in [4.69, 9.17) is 5.11 Å². The lowest BCUT2D eigenvalue weighted by atomic mass is 9.51. The molecule has 1 fully saturated rings. The fraction of sp³-hybridized carbons (Fsp3) is 0.897. The topological polar surface area (TPSA) is 83.5 Å². The van der Waals surface area contributed by atoms with E-state index in [0.29, 0.717) is 13.3 Å². The summed E-state index contributed by atoms with van der Waals surface area (Å²) >= 11 is 0. The monoisotopic (exact) mass is 1060 g/mol. The van der Waals surface area contributed by atoms with Gasteiger partial charge in [-0.15, -0.1) is 0 Å². The molecule has 0 aliphatic heterocycles. The zero-order valence-corrected chi connectivity index (χ0v) is 32.3. The number of carbonyl (C=O) groups is 1. The summed E-state index contributed by atoms with van der Waals surface area (Å²) in [4.78, 5) is 10.4. The minimum Gasteiger partial charge on any atom is -0.453 e. The third-order valence-electron chi connectivity index (χ3n) is 8.91. The predicted molar refractivity (Wildman–Crippen MR) is 151 cm³/mol. The quantitative estimate of drug-likeness (QED) is 0.0784. The number of alkyl halides is 30. The van der Waals surface area contributed by atoms with Crippen LogP contribution in [0.25, 0.3) is 0 Å². The molecule has 0 aromatic rings. The summed E-state index contributed by atoms with van der Waals surface area (Å²) in [6.45, 7) is -17.1. The first-order valence-corrected chi connectivity index (χ1v) is 16.0. The minimum atomic E-state index is -9.25. The standard InChI is InChI=1S/C20H17F23O3.C8H8F6O4.CH3F/c1-3-9(4-21)14(30,31)10(5-22,6-23)16(34,35)13(29,17(36,37)12(28,8(2,24)25)15(9,32)33)18(38,39)46-20(42,43)19(40,41)45-11(26,27)7-44;1-3-5(15)17-4-6(9,10)18-8(13,14)7(11,12)16-2;1-2/h44H,3-7H2,1-2H3;3H,1,4H2,2H3;1H3. The molecule has 0 aromatic heterocycles. The van der Waals surface area contributed by atoms with E-state index in [2.05, 4.69) is 20.8 Å². The van der Waals surface area contributed by atoms with Gasteiger partial charge in [0, 0.05) is 20.1 Å². The van der Waals surface area contributed by atoms with Gasteiger partial charge in [0.2, 0.25) is 0 Å². The smallest absolute Gasteiger partial charge is 0.453 e. The van der Waals surface area contributed by atoms with Crippen molar-refractivity contribution in [1.82, 2.24) is 0 Å². The molecule has 0 spiro atoms. The van der Waals surface area contributed by atoms with Crippen LogP contribution in [0.5, 0.6) is 0 Å². The van der Waals surface area contributed by atoms with Crippen LogP contribution in [-0.4, -0.2) is 142 Å². The Hall–Kier alpha value is -3.09. The molecule has 1 saturated carbocycles. The first kappa shape index (κ1) is 65.0. The van der Waals surface area contributed by atoms with Crippen LogP contribution in [0, 0.1) is 10.8 Å². The van der Waals surface area contributed by atoms with Crippen molar-refractivity contribution in [3.8, 4) is 0 Å². The lowest BCUT2D eigenvalue weighted by Crippen LogP contribution is -2.89. The van der Waals surface area contributed by atoms with Gasteiger partial charge < -0.3 is 14.6 Å². The number of carbonyl (C=O) groups excluding carboxylic acids is 1. The average Bonchev–Trinajstić information content (AvgIpc) is 3.15. The maximum absolute atomic E-state index is 15.9. The molecule has 1 aliphatic carbocycles. The van der Waals surface area contributed by atoms with E-state index in [0.717, 1.165) is 0 Å². The Morgan fingerprint density at radius 1 is 0.561 bits per heavy atom. The Bertz CT molecular complexity index is 1610. The number of esters is 1. The van der Waals surface area contributed by atoms with E-state index in [1.165, 1.54) is 4.74 Å². The van der Waals surface area contributed by atoms with Crippen molar-refractivity contribution in [2.24, 2.45) is 10.8 Å². The number of halogens is 30. The van der Waals surface area contributed by atoms with Gasteiger partial charge in [-0.1, -0.05) is 13.5 Å². The van der Waals surface area contributed by atoms with Gasteiger partial charge in [0.05, 0.1) is 7.18 Å². The second-order valence-electron chi connectivity index (χ2n) is 12.8. The Kier molecular flexibility index (Phi) is 19.4. The lowest BCUT2D eigenvalue weighted by Gasteiger charge is -2.62. The highest BCUT2D eigenvalue weighted by molar-refractivity contribution is 5.81. The molecule has 3 unspecified atom stereocenters.